The molecule has 1 saturated heterocycles. The van der Waals surface area contributed by atoms with E-state index in [1.165, 1.54) is 4.31 Å². The van der Waals surface area contributed by atoms with Gasteiger partial charge in [0.1, 0.15) is 0 Å². The lowest BCUT2D eigenvalue weighted by atomic mass is 10.4. The molecule has 86 valence electrons. The van der Waals surface area contributed by atoms with E-state index in [0.717, 1.165) is 17.9 Å². The van der Waals surface area contributed by atoms with Gasteiger partial charge in [-0.2, -0.15) is 21.3 Å². The van der Waals surface area contributed by atoms with Crippen molar-refractivity contribution in [1.82, 2.24) is 4.31 Å². The third kappa shape index (κ3) is 3.10. The first kappa shape index (κ1) is 12.8. The molecule has 1 rings (SSSR count). The Bertz CT molecular complexity index is 327. The molecular formula is C9H16N2O2S2. The molecule has 1 aliphatic heterocycles. The van der Waals surface area contributed by atoms with Crippen molar-refractivity contribution in [3.8, 4) is 6.07 Å². The number of hydrogen-bond donors (Lipinski definition) is 0. The summed E-state index contributed by atoms with van der Waals surface area (Å²) in [6, 6.07) is 1.87. The molecule has 1 fully saturated rings. The van der Waals surface area contributed by atoms with Gasteiger partial charge in [-0.05, 0) is 18.6 Å². The monoisotopic (exact) mass is 248 g/mol. The summed E-state index contributed by atoms with van der Waals surface area (Å²) in [5, 5.41) is 7.93. The van der Waals surface area contributed by atoms with Gasteiger partial charge in [-0.1, -0.05) is 6.92 Å². The molecule has 6 heteroatoms. The highest BCUT2D eigenvalue weighted by molar-refractivity contribution is 7.99. The van der Waals surface area contributed by atoms with Gasteiger partial charge in [0.2, 0.25) is 10.0 Å². The fraction of sp³-hybridized carbons (Fsp3) is 0.889. The Morgan fingerprint density at radius 1 is 1.47 bits per heavy atom. The Hall–Kier alpha value is -0.250. The van der Waals surface area contributed by atoms with Crippen LogP contribution in [0.1, 0.15) is 19.8 Å². The van der Waals surface area contributed by atoms with Crippen LogP contribution in [0.3, 0.4) is 0 Å². The second-order valence-electron chi connectivity index (χ2n) is 3.44. The fourth-order valence-corrected chi connectivity index (χ4v) is 4.17. The van der Waals surface area contributed by atoms with E-state index in [4.69, 9.17) is 5.26 Å². The Morgan fingerprint density at radius 2 is 2.20 bits per heavy atom. The molecular weight excluding hydrogens is 232 g/mol. The zero-order valence-electron chi connectivity index (χ0n) is 8.85. The highest BCUT2D eigenvalue weighted by Crippen LogP contribution is 2.17. The maximum absolute atomic E-state index is 12.0. The van der Waals surface area contributed by atoms with Crippen LogP contribution in [0.2, 0.25) is 0 Å². The van der Waals surface area contributed by atoms with Crippen LogP contribution in [0, 0.1) is 11.3 Å². The lowest BCUT2D eigenvalue weighted by Crippen LogP contribution is -2.39. The quantitative estimate of drug-likeness (QED) is 0.749. The minimum absolute atomic E-state index is 0.364. The van der Waals surface area contributed by atoms with Crippen LogP contribution in [0.4, 0.5) is 0 Å². The van der Waals surface area contributed by atoms with E-state index in [-0.39, 0.29) is 0 Å². The van der Waals surface area contributed by atoms with Crippen LogP contribution < -0.4 is 0 Å². The van der Waals surface area contributed by atoms with Crippen molar-refractivity contribution in [2.24, 2.45) is 0 Å². The van der Waals surface area contributed by atoms with Crippen LogP contribution in [0.15, 0.2) is 0 Å². The predicted molar refractivity (Wildman–Crippen MR) is 62.1 cm³/mol. The average molecular weight is 248 g/mol. The van der Waals surface area contributed by atoms with Gasteiger partial charge in [0, 0.05) is 18.8 Å². The van der Waals surface area contributed by atoms with Gasteiger partial charge in [0.15, 0.2) is 5.25 Å². The highest BCUT2D eigenvalue weighted by Gasteiger charge is 2.30. The molecule has 4 nitrogen and oxygen atoms in total. The Balaban J connectivity index is 2.79. The summed E-state index contributed by atoms with van der Waals surface area (Å²) in [4.78, 5) is 0. The summed E-state index contributed by atoms with van der Waals surface area (Å²) in [7, 11) is -3.39. The number of nitrogens with zero attached hydrogens (tertiary/aromatic N) is 2. The lowest BCUT2D eigenvalue weighted by Gasteiger charge is -2.21. The molecule has 0 aliphatic carbocycles. The SMILES string of the molecule is CCC(C#N)S(=O)(=O)N1CCCSCC1. The number of sulfonamides is 1. The van der Waals surface area contributed by atoms with E-state index >= 15 is 0 Å². The fourth-order valence-electron chi connectivity index (χ4n) is 1.53. The van der Waals surface area contributed by atoms with Crippen molar-refractivity contribution in [3.63, 3.8) is 0 Å². The smallest absolute Gasteiger partial charge is 0.211 e. The Morgan fingerprint density at radius 3 is 2.80 bits per heavy atom. The summed E-state index contributed by atoms with van der Waals surface area (Å²) < 4.78 is 25.5. The minimum Gasteiger partial charge on any atom is -0.211 e. The predicted octanol–water partition coefficient (Wildman–Crippen LogP) is 1.06. The second-order valence-corrected chi connectivity index (χ2v) is 6.78. The van der Waals surface area contributed by atoms with Crippen LogP contribution in [-0.4, -0.2) is 42.6 Å². The number of rotatable bonds is 3. The molecule has 0 N–H and O–H groups in total. The van der Waals surface area contributed by atoms with Crippen molar-refractivity contribution < 1.29 is 8.42 Å². The molecule has 0 radical (unpaired) electrons. The van der Waals surface area contributed by atoms with Crippen LogP contribution in [0.25, 0.3) is 0 Å². The van der Waals surface area contributed by atoms with Crippen LogP contribution in [0.5, 0.6) is 0 Å². The molecule has 0 aromatic rings. The zero-order valence-corrected chi connectivity index (χ0v) is 10.5. The highest BCUT2D eigenvalue weighted by atomic mass is 32.2. The van der Waals surface area contributed by atoms with Crippen molar-refractivity contribution in [2.45, 2.75) is 25.0 Å². The van der Waals surface area contributed by atoms with Gasteiger partial charge in [-0.15, -0.1) is 0 Å². The van der Waals surface area contributed by atoms with E-state index in [2.05, 4.69) is 0 Å². The van der Waals surface area contributed by atoms with Gasteiger partial charge in [-0.3, -0.25) is 0 Å². The summed E-state index contributed by atoms with van der Waals surface area (Å²) in [5.74, 6) is 1.84. The van der Waals surface area contributed by atoms with Crippen molar-refractivity contribution in [1.29, 1.82) is 5.26 Å². The Labute approximate surface area is 95.7 Å². The normalized spacial score (nSPS) is 21.6. The number of nitriles is 1. The van der Waals surface area contributed by atoms with Gasteiger partial charge < -0.3 is 0 Å². The zero-order chi connectivity index (χ0) is 11.3. The van der Waals surface area contributed by atoms with Crippen LogP contribution in [-0.2, 0) is 10.0 Å². The summed E-state index contributed by atoms with van der Waals surface area (Å²) in [6.07, 6.45) is 1.24. The molecule has 0 spiro atoms. The summed E-state index contributed by atoms with van der Waals surface area (Å²) in [5.41, 5.74) is 0. The van der Waals surface area contributed by atoms with Crippen LogP contribution >= 0.6 is 11.8 Å². The van der Waals surface area contributed by atoms with E-state index in [0.29, 0.717) is 19.5 Å². The third-order valence-corrected chi connectivity index (χ3v) is 5.71. The molecule has 0 aromatic heterocycles. The molecule has 1 heterocycles. The van der Waals surface area contributed by atoms with E-state index in [1.54, 1.807) is 18.7 Å². The first-order chi connectivity index (χ1) is 7.12. The molecule has 0 amide bonds. The first-order valence-electron chi connectivity index (χ1n) is 5.09. The van der Waals surface area contributed by atoms with E-state index < -0.39 is 15.3 Å². The molecule has 0 aromatic carbocycles. The maximum Gasteiger partial charge on any atom is 0.230 e. The lowest BCUT2D eigenvalue weighted by molar-refractivity contribution is 0.430. The second kappa shape index (κ2) is 5.73. The number of hydrogen-bond acceptors (Lipinski definition) is 4. The molecule has 0 saturated carbocycles. The van der Waals surface area contributed by atoms with Gasteiger partial charge in [0.05, 0.1) is 6.07 Å². The topological polar surface area (TPSA) is 61.2 Å². The maximum atomic E-state index is 12.0. The Kier molecular flexibility index (Phi) is 4.90. The van der Waals surface area contributed by atoms with E-state index in [1.807, 2.05) is 6.07 Å². The van der Waals surface area contributed by atoms with Crippen molar-refractivity contribution in [3.05, 3.63) is 0 Å². The molecule has 1 aliphatic rings. The first-order valence-corrected chi connectivity index (χ1v) is 7.75. The largest absolute Gasteiger partial charge is 0.230 e. The molecule has 1 atom stereocenters. The molecule has 1 unspecified atom stereocenters. The van der Waals surface area contributed by atoms with Crippen molar-refractivity contribution in [2.75, 3.05) is 24.6 Å². The molecule has 15 heavy (non-hydrogen) atoms. The number of thioether (sulfide) groups is 1. The van der Waals surface area contributed by atoms with Gasteiger partial charge in [-0.25, -0.2) is 8.42 Å². The van der Waals surface area contributed by atoms with Gasteiger partial charge >= 0.3 is 0 Å². The summed E-state index contributed by atoms with van der Waals surface area (Å²) >= 11 is 1.77. The molecule has 0 bridgehead atoms. The van der Waals surface area contributed by atoms with E-state index in [9.17, 15) is 8.42 Å². The summed E-state index contributed by atoms with van der Waals surface area (Å²) in [6.45, 7) is 2.84. The van der Waals surface area contributed by atoms with Gasteiger partial charge in [0.25, 0.3) is 0 Å². The minimum atomic E-state index is -3.39. The standard InChI is InChI=1S/C9H16N2O2S2/c1-2-9(8-10)15(12,13)11-4-3-6-14-7-5-11/h9H,2-7H2,1H3. The average Bonchev–Trinajstić information content (AvgIpc) is 2.47. The third-order valence-electron chi connectivity index (χ3n) is 2.42. The van der Waals surface area contributed by atoms with Crippen molar-refractivity contribution >= 4 is 21.8 Å².